The lowest BCUT2D eigenvalue weighted by molar-refractivity contribution is 0.603. The maximum absolute atomic E-state index is 5.79. The maximum atomic E-state index is 5.79. The molecule has 1 saturated carbocycles. The molecule has 0 saturated heterocycles. The highest BCUT2D eigenvalue weighted by molar-refractivity contribution is 7.33. The first-order chi connectivity index (χ1) is 7.72. The first kappa shape index (κ1) is 12.3. The van der Waals surface area contributed by atoms with Crippen LogP contribution in [0.1, 0.15) is 12.8 Å². The molecule has 0 heterocycles. The molecule has 3 atom stereocenters. The fraction of sp³-hybridized carbons (Fsp3) is 0.462. The van der Waals surface area contributed by atoms with Crippen LogP contribution in [-0.4, -0.2) is 7.42 Å². The van der Waals surface area contributed by atoms with Crippen molar-refractivity contribution in [2.75, 3.05) is 0 Å². The van der Waals surface area contributed by atoms with Crippen molar-refractivity contribution >= 4 is 29.6 Å². The van der Waals surface area contributed by atoms with E-state index in [2.05, 4.69) is 36.6 Å². The Labute approximate surface area is 108 Å². The van der Waals surface area contributed by atoms with Gasteiger partial charge in [-0.1, -0.05) is 30.9 Å². The molecule has 3 heteroatoms. The zero-order chi connectivity index (χ0) is 11.5. The van der Waals surface area contributed by atoms with Crippen molar-refractivity contribution in [2.45, 2.75) is 18.9 Å². The van der Waals surface area contributed by atoms with Gasteiger partial charge in [-0.15, -0.1) is 27.9 Å². The van der Waals surface area contributed by atoms with E-state index in [1.54, 1.807) is 0 Å². The predicted molar refractivity (Wildman–Crippen MR) is 72.9 cm³/mol. The Bertz CT molecular complexity index is 364. The van der Waals surface area contributed by atoms with E-state index in [0.29, 0.717) is 17.8 Å². The van der Waals surface area contributed by atoms with Crippen LogP contribution < -0.4 is 0 Å². The number of hydrogen-bond acceptors (Lipinski definition) is 0. The molecule has 0 N–H and O–H groups in total. The van der Waals surface area contributed by atoms with Gasteiger partial charge in [-0.3, -0.25) is 0 Å². The molecule has 0 aromatic carbocycles. The summed E-state index contributed by atoms with van der Waals surface area (Å²) >= 11 is 11.6. The van der Waals surface area contributed by atoms with Gasteiger partial charge in [0.1, 0.15) is 0 Å². The van der Waals surface area contributed by atoms with Crippen molar-refractivity contribution in [3.8, 4) is 0 Å². The summed E-state index contributed by atoms with van der Waals surface area (Å²) in [5.41, 5.74) is 4.48. The lowest BCUT2D eigenvalue weighted by Crippen LogP contribution is -2.06. The van der Waals surface area contributed by atoms with Gasteiger partial charge in [0.2, 0.25) is 0 Å². The van der Waals surface area contributed by atoms with Crippen LogP contribution in [0.2, 0.25) is 6.04 Å². The number of halogens is 2. The lowest BCUT2D eigenvalue weighted by atomic mass is 9.89. The summed E-state index contributed by atoms with van der Waals surface area (Å²) in [6.07, 6.45) is 11.4. The Kier molecular flexibility index (Phi) is 4.15. The van der Waals surface area contributed by atoms with Crippen molar-refractivity contribution in [1.82, 2.24) is 0 Å². The minimum Gasteiger partial charge on any atom is -0.147 e. The molecular formula is C13H15Cl2Si. The normalized spacial score (nSPS) is 31.9. The first-order valence-electron chi connectivity index (χ1n) is 5.64. The molecule has 2 bridgehead atoms. The zero-order valence-electron chi connectivity index (χ0n) is 9.13. The van der Waals surface area contributed by atoms with Crippen molar-refractivity contribution in [3.05, 3.63) is 42.2 Å². The minimum atomic E-state index is -1.11. The fourth-order valence-corrected chi connectivity index (χ4v) is 3.67. The summed E-state index contributed by atoms with van der Waals surface area (Å²) in [4.78, 5) is 0. The van der Waals surface area contributed by atoms with Crippen molar-refractivity contribution in [1.29, 1.82) is 0 Å². The van der Waals surface area contributed by atoms with E-state index in [-0.39, 0.29) is 0 Å². The third-order valence-corrected chi connectivity index (χ3v) is 5.18. The molecule has 0 aromatic heterocycles. The van der Waals surface area contributed by atoms with E-state index in [9.17, 15) is 0 Å². The summed E-state index contributed by atoms with van der Waals surface area (Å²) in [6.45, 7) is 3.80. The van der Waals surface area contributed by atoms with Gasteiger partial charge >= 0.3 is 0 Å². The molecule has 2 rings (SSSR count). The predicted octanol–water partition coefficient (Wildman–Crippen LogP) is 4.43. The van der Waals surface area contributed by atoms with Crippen molar-refractivity contribution in [3.63, 3.8) is 0 Å². The number of hydrogen-bond donors (Lipinski definition) is 0. The summed E-state index contributed by atoms with van der Waals surface area (Å²) in [6, 6.07) is 0.925. The summed E-state index contributed by atoms with van der Waals surface area (Å²) in [5.74, 6) is 1.79. The van der Waals surface area contributed by atoms with Gasteiger partial charge < -0.3 is 0 Å². The smallest absolute Gasteiger partial charge is 0.147 e. The van der Waals surface area contributed by atoms with Gasteiger partial charge in [-0.2, -0.15) is 0 Å². The van der Waals surface area contributed by atoms with E-state index in [0.717, 1.165) is 12.5 Å². The van der Waals surface area contributed by atoms with Gasteiger partial charge in [0.05, 0.1) is 0 Å². The molecule has 0 aromatic rings. The van der Waals surface area contributed by atoms with Crippen LogP contribution >= 0.6 is 22.2 Å². The fourth-order valence-electron chi connectivity index (χ4n) is 2.63. The van der Waals surface area contributed by atoms with E-state index in [1.807, 2.05) is 0 Å². The molecule has 16 heavy (non-hydrogen) atoms. The van der Waals surface area contributed by atoms with E-state index in [1.165, 1.54) is 12.0 Å². The molecule has 85 valence electrons. The maximum Gasteiger partial charge on any atom is 0.274 e. The first-order valence-corrected chi connectivity index (χ1v) is 9.37. The van der Waals surface area contributed by atoms with Gasteiger partial charge in [0, 0.05) is 11.8 Å². The lowest BCUT2D eigenvalue weighted by Gasteiger charge is -2.15. The highest BCUT2D eigenvalue weighted by Gasteiger charge is 2.38. The second-order valence-electron chi connectivity index (χ2n) is 4.35. The molecule has 1 radical (unpaired) electrons. The van der Waals surface area contributed by atoms with Gasteiger partial charge in [0.25, 0.3) is 7.42 Å². The third-order valence-electron chi connectivity index (χ3n) is 3.38. The monoisotopic (exact) mass is 269 g/mol. The molecule has 2 aliphatic carbocycles. The van der Waals surface area contributed by atoms with Crippen molar-refractivity contribution in [2.24, 2.45) is 17.8 Å². The van der Waals surface area contributed by atoms with Crippen molar-refractivity contribution < 1.29 is 0 Å². The molecule has 0 aliphatic heterocycles. The number of rotatable bonds is 4. The molecular weight excluding hydrogens is 255 g/mol. The van der Waals surface area contributed by atoms with E-state index < -0.39 is 7.42 Å². The summed E-state index contributed by atoms with van der Waals surface area (Å²) in [7, 11) is -1.11. The van der Waals surface area contributed by atoms with E-state index >= 15 is 0 Å². The molecule has 2 aliphatic rings. The Morgan fingerprint density at radius 1 is 1.50 bits per heavy atom. The van der Waals surface area contributed by atoms with Crippen LogP contribution in [-0.2, 0) is 0 Å². The molecule has 0 nitrogen and oxygen atoms in total. The topological polar surface area (TPSA) is 0 Å². The second-order valence-corrected chi connectivity index (χ2v) is 8.85. The SMILES string of the molecule is C=C=C1C2C=CC(C2)C1C=CCC[Si](Cl)Cl. The summed E-state index contributed by atoms with van der Waals surface area (Å²) < 4.78 is 0. The van der Waals surface area contributed by atoms with Gasteiger partial charge in [-0.05, 0) is 30.4 Å². The highest BCUT2D eigenvalue weighted by atomic mass is 35.7. The third kappa shape index (κ3) is 2.54. The standard InChI is InChI=1S/C13H15Cl2Si/c1-2-12-10-6-7-11(9-10)13(12)5-3-4-8-16(14)15/h3,5-7,10-11,13H,1,4,8-9H2. The minimum absolute atomic E-state index is 0.522. The summed E-state index contributed by atoms with van der Waals surface area (Å²) in [5, 5.41) is 0. The Morgan fingerprint density at radius 2 is 2.31 bits per heavy atom. The van der Waals surface area contributed by atoms with Crippen LogP contribution in [0.15, 0.2) is 42.2 Å². The Hall–Kier alpha value is -0.203. The van der Waals surface area contributed by atoms with E-state index in [4.69, 9.17) is 22.2 Å². The van der Waals surface area contributed by atoms with Crippen LogP contribution in [0, 0.1) is 17.8 Å². The number of allylic oxidation sites excluding steroid dienone is 5. The Balaban J connectivity index is 1.95. The average molecular weight is 270 g/mol. The molecule has 3 unspecified atom stereocenters. The average Bonchev–Trinajstić information content (AvgIpc) is 2.83. The number of fused-ring (bicyclic) bond motifs is 2. The van der Waals surface area contributed by atoms with Crippen LogP contribution in [0.25, 0.3) is 0 Å². The molecule has 0 spiro atoms. The highest BCUT2D eigenvalue weighted by Crippen LogP contribution is 2.47. The van der Waals surface area contributed by atoms with Crippen LogP contribution in [0.4, 0.5) is 0 Å². The quantitative estimate of drug-likeness (QED) is 0.307. The Morgan fingerprint density at radius 3 is 3.00 bits per heavy atom. The van der Waals surface area contributed by atoms with Crippen LogP contribution in [0.5, 0.6) is 0 Å². The molecule has 0 amide bonds. The van der Waals surface area contributed by atoms with Gasteiger partial charge in [-0.25, -0.2) is 0 Å². The van der Waals surface area contributed by atoms with Crippen LogP contribution in [0.3, 0.4) is 0 Å². The van der Waals surface area contributed by atoms with Gasteiger partial charge in [0.15, 0.2) is 0 Å². The second kappa shape index (κ2) is 5.42. The molecule has 1 fully saturated rings. The zero-order valence-corrected chi connectivity index (χ0v) is 11.6. The largest absolute Gasteiger partial charge is 0.274 e.